The van der Waals surface area contributed by atoms with E-state index in [9.17, 15) is 14.8 Å². The Hall–Kier alpha value is -1.88. The monoisotopic (exact) mass is 209 g/mol. The van der Waals surface area contributed by atoms with Crippen LogP contribution in [-0.4, -0.2) is 24.5 Å². The van der Waals surface area contributed by atoms with E-state index in [-0.39, 0.29) is 12.1 Å². The van der Waals surface area contributed by atoms with Crippen molar-refractivity contribution in [1.29, 1.82) is 0 Å². The molecule has 80 valence electrons. The second kappa shape index (κ2) is 5.11. The van der Waals surface area contributed by atoms with Gasteiger partial charge < -0.3 is 4.74 Å². The van der Waals surface area contributed by atoms with Gasteiger partial charge in [-0.05, 0) is 25.1 Å². The zero-order valence-electron chi connectivity index (χ0n) is 8.21. The largest absolute Gasteiger partial charge is 0.492 e. The highest BCUT2D eigenvalue weighted by atomic mass is 16.5. The molecule has 5 nitrogen and oxygen atoms in total. The van der Waals surface area contributed by atoms with Gasteiger partial charge in [-0.2, -0.15) is 5.06 Å². The van der Waals surface area contributed by atoms with E-state index in [2.05, 4.69) is 0 Å². The number of rotatable bonds is 5. The average molecular weight is 209 g/mol. The zero-order chi connectivity index (χ0) is 11.3. The number of carbonyl (C=O) groups is 2. The van der Waals surface area contributed by atoms with Crippen molar-refractivity contribution in [2.24, 2.45) is 0 Å². The van der Waals surface area contributed by atoms with Crippen molar-refractivity contribution in [3.05, 3.63) is 23.8 Å². The van der Waals surface area contributed by atoms with E-state index in [4.69, 9.17) is 4.74 Å². The Bertz CT molecular complexity index is 364. The second-order valence-corrected chi connectivity index (χ2v) is 2.73. The molecule has 1 N–H and O–H groups in total. The number of nitrogens with zero attached hydrogens (tertiary/aromatic N) is 1. The van der Waals surface area contributed by atoms with Gasteiger partial charge >= 0.3 is 0 Å². The summed E-state index contributed by atoms with van der Waals surface area (Å²) < 4.78 is 5.18. The molecule has 5 heteroatoms. The summed E-state index contributed by atoms with van der Waals surface area (Å²) in [7, 11) is 0. The summed E-state index contributed by atoms with van der Waals surface area (Å²) in [6.07, 6.45) is 0.851. The summed E-state index contributed by atoms with van der Waals surface area (Å²) in [5.41, 5.74) is 0.505. The van der Waals surface area contributed by atoms with Crippen LogP contribution in [0.15, 0.2) is 18.2 Å². The maximum Gasteiger partial charge on any atom is 0.238 e. The average Bonchev–Trinajstić information content (AvgIpc) is 2.29. The molecular weight excluding hydrogens is 198 g/mol. The molecule has 0 aliphatic rings. The van der Waals surface area contributed by atoms with Crippen molar-refractivity contribution in [3.8, 4) is 5.75 Å². The molecule has 15 heavy (non-hydrogen) atoms. The highest BCUT2D eigenvalue weighted by Crippen LogP contribution is 2.27. The first-order chi connectivity index (χ1) is 7.22. The Morgan fingerprint density at radius 1 is 1.47 bits per heavy atom. The first-order valence-electron chi connectivity index (χ1n) is 4.38. The smallest absolute Gasteiger partial charge is 0.238 e. The van der Waals surface area contributed by atoms with Crippen molar-refractivity contribution in [3.63, 3.8) is 0 Å². The van der Waals surface area contributed by atoms with Crippen LogP contribution in [-0.2, 0) is 4.79 Å². The van der Waals surface area contributed by atoms with E-state index in [1.807, 2.05) is 0 Å². The third-order valence-corrected chi connectivity index (χ3v) is 1.77. The van der Waals surface area contributed by atoms with Gasteiger partial charge in [0.15, 0.2) is 0 Å². The Morgan fingerprint density at radius 2 is 2.20 bits per heavy atom. The molecule has 0 atom stereocenters. The molecule has 0 aliphatic carbocycles. The van der Waals surface area contributed by atoms with Crippen molar-refractivity contribution in [2.75, 3.05) is 11.7 Å². The molecule has 0 fully saturated rings. The van der Waals surface area contributed by atoms with Gasteiger partial charge in [0, 0.05) is 5.56 Å². The maximum atomic E-state index is 10.5. The molecule has 0 saturated heterocycles. The third kappa shape index (κ3) is 2.54. The fourth-order valence-corrected chi connectivity index (χ4v) is 1.12. The minimum absolute atomic E-state index is 0.149. The number of amides is 1. The van der Waals surface area contributed by atoms with Crippen LogP contribution in [0.1, 0.15) is 17.3 Å². The molecule has 1 aromatic rings. The highest BCUT2D eigenvalue weighted by Gasteiger charge is 2.10. The molecule has 0 radical (unpaired) electrons. The summed E-state index contributed by atoms with van der Waals surface area (Å²) in [4.78, 5) is 20.9. The first-order valence-corrected chi connectivity index (χ1v) is 4.38. The van der Waals surface area contributed by atoms with Crippen LogP contribution in [0.25, 0.3) is 0 Å². The van der Waals surface area contributed by atoms with Crippen LogP contribution in [0.3, 0.4) is 0 Å². The van der Waals surface area contributed by atoms with Crippen molar-refractivity contribution >= 4 is 18.4 Å². The Kier molecular flexibility index (Phi) is 3.82. The van der Waals surface area contributed by atoms with Gasteiger partial charge in [0.05, 0.1) is 6.61 Å². The fraction of sp³-hybridized carbons (Fsp3) is 0.200. The number of hydroxylamine groups is 1. The Balaban J connectivity index is 3.15. The van der Waals surface area contributed by atoms with Gasteiger partial charge in [-0.25, -0.2) is 0 Å². The molecule has 1 amide bonds. The van der Waals surface area contributed by atoms with E-state index in [0.717, 1.165) is 0 Å². The lowest BCUT2D eigenvalue weighted by molar-refractivity contribution is -0.111. The summed E-state index contributed by atoms with van der Waals surface area (Å²) in [5, 5.41) is 9.60. The molecular formula is C10H11NO4. The molecule has 0 saturated carbocycles. The van der Waals surface area contributed by atoms with E-state index >= 15 is 0 Å². The molecule has 0 aliphatic heterocycles. The van der Waals surface area contributed by atoms with Gasteiger partial charge in [-0.15, -0.1) is 0 Å². The SMILES string of the molecule is CCOc1ccc(C=O)cc1N(O)C=O. The predicted octanol–water partition coefficient (Wildman–Crippen LogP) is 1.25. The second-order valence-electron chi connectivity index (χ2n) is 2.73. The number of benzene rings is 1. The van der Waals surface area contributed by atoms with Crippen molar-refractivity contribution < 1.29 is 19.5 Å². The number of ether oxygens (including phenoxy) is 1. The normalized spacial score (nSPS) is 9.47. The zero-order valence-corrected chi connectivity index (χ0v) is 8.21. The predicted molar refractivity (Wildman–Crippen MR) is 53.3 cm³/mol. The van der Waals surface area contributed by atoms with E-state index in [0.29, 0.717) is 29.3 Å². The Labute approximate surface area is 86.8 Å². The summed E-state index contributed by atoms with van der Waals surface area (Å²) in [6.45, 7) is 2.18. The summed E-state index contributed by atoms with van der Waals surface area (Å²) in [5.74, 6) is 0.345. The lowest BCUT2D eigenvalue weighted by atomic mass is 10.2. The molecule has 1 rings (SSSR count). The lowest BCUT2D eigenvalue weighted by Crippen LogP contribution is -2.16. The Morgan fingerprint density at radius 3 is 2.73 bits per heavy atom. The third-order valence-electron chi connectivity index (χ3n) is 1.77. The van der Waals surface area contributed by atoms with Crippen LogP contribution < -0.4 is 9.80 Å². The van der Waals surface area contributed by atoms with E-state index < -0.39 is 0 Å². The van der Waals surface area contributed by atoms with Crippen LogP contribution in [0.5, 0.6) is 5.75 Å². The number of aldehydes is 1. The maximum absolute atomic E-state index is 10.5. The van der Waals surface area contributed by atoms with Gasteiger partial charge in [-0.1, -0.05) is 0 Å². The van der Waals surface area contributed by atoms with E-state index in [1.165, 1.54) is 12.1 Å². The fourth-order valence-electron chi connectivity index (χ4n) is 1.12. The van der Waals surface area contributed by atoms with Gasteiger partial charge in [-0.3, -0.25) is 14.8 Å². The van der Waals surface area contributed by atoms with Crippen molar-refractivity contribution in [1.82, 2.24) is 0 Å². The van der Waals surface area contributed by atoms with Gasteiger partial charge in [0.1, 0.15) is 17.7 Å². The molecule has 0 bridgehead atoms. The van der Waals surface area contributed by atoms with Crippen LogP contribution >= 0.6 is 0 Å². The minimum atomic E-state index is 0.149. The quantitative estimate of drug-likeness (QED) is 0.450. The van der Waals surface area contributed by atoms with Crippen LogP contribution in [0.4, 0.5) is 5.69 Å². The standard InChI is InChI=1S/C10H11NO4/c1-2-15-10-4-3-8(6-12)5-9(10)11(14)7-13/h3-7,14H,2H2,1H3. The number of anilines is 1. The van der Waals surface area contributed by atoms with Gasteiger partial charge in [0.25, 0.3) is 0 Å². The highest BCUT2D eigenvalue weighted by molar-refractivity contribution is 5.83. The lowest BCUT2D eigenvalue weighted by Gasteiger charge is -2.14. The van der Waals surface area contributed by atoms with Crippen molar-refractivity contribution in [2.45, 2.75) is 6.92 Å². The number of carbonyl (C=O) groups excluding carboxylic acids is 2. The molecule has 1 aromatic carbocycles. The molecule has 0 unspecified atom stereocenters. The summed E-state index contributed by atoms with van der Waals surface area (Å²) >= 11 is 0. The van der Waals surface area contributed by atoms with Crippen LogP contribution in [0.2, 0.25) is 0 Å². The molecule has 0 aromatic heterocycles. The minimum Gasteiger partial charge on any atom is -0.492 e. The number of hydrogen-bond acceptors (Lipinski definition) is 4. The van der Waals surface area contributed by atoms with Crippen LogP contribution in [0, 0.1) is 0 Å². The molecule has 0 spiro atoms. The molecule has 0 heterocycles. The van der Waals surface area contributed by atoms with E-state index in [1.54, 1.807) is 13.0 Å². The topological polar surface area (TPSA) is 66.8 Å². The first kappa shape index (κ1) is 11.2. The summed E-state index contributed by atoms with van der Waals surface area (Å²) in [6, 6.07) is 4.43. The van der Waals surface area contributed by atoms with Gasteiger partial charge in [0.2, 0.25) is 6.41 Å². The number of hydrogen-bond donors (Lipinski definition) is 1.